The van der Waals surface area contributed by atoms with Gasteiger partial charge in [-0.05, 0) is 26.0 Å². The molecule has 0 aromatic carbocycles. The molecule has 1 aliphatic heterocycles. The number of piperazine rings is 1. The van der Waals surface area contributed by atoms with Crippen molar-refractivity contribution in [3.8, 4) is 0 Å². The lowest BCUT2D eigenvalue weighted by Crippen LogP contribution is -2.54. The lowest BCUT2D eigenvalue weighted by atomic mass is 10.4. The first-order chi connectivity index (χ1) is 12.4. The Morgan fingerprint density at radius 1 is 1.19 bits per heavy atom. The minimum atomic E-state index is -3.60. The van der Waals surface area contributed by atoms with Gasteiger partial charge in [-0.3, -0.25) is 9.78 Å². The fourth-order valence-electron chi connectivity index (χ4n) is 2.73. The maximum Gasteiger partial charge on any atom is 0.317 e. The number of urea groups is 1. The molecule has 1 fully saturated rings. The highest BCUT2D eigenvalue weighted by Crippen LogP contribution is 2.16. The first-order valence-corrected chi connectivity index (χ1v) is 10.0. The van der Waals surface area contributed by atoms with Crippen LogP contribution >= 0.6 is 0 Å². The number of hydrogen-bond donors (Lipinski definition) is 1. The standard InChI is InChI=1S/C16H25N5O4S/c1-3-19(4-2)15(22)13-18-16(23)20-8-10-21(11-9-20)26(24,25)14-6-5-7-17-12-14/h5-7,12H,3-4,8-11,13H2,1-2H3,(H,18,23). The van der Waals surface area contributed by atoms with Crippen molar-refractivity contribution < 1.29 is 18.0 Å². The van der Waals surface area contributed by atoms with Crippen LogP contribution in [0.1, 0.15) is 13.8 Å². The van der Waals surface area contributed by atoms with E-state index in [1.54, 1.807) is 11.0 Å². The van der Waals surface area contributed by atoms with Crippen LogP contribution in [0.4, 0.5) is 4.79 Å². The highest BCUT2D eigenvalue weighted by atomic mass is 32.2. The number of nitrogens with zero attached hydrogens (tertiary/aromatic N) is 4. The highest BCUT2D eigenvalue weighted by molar-refractivity contribution is 7.89. The van der Waals surface area contributed by atoms with Gasteiger partial charge < -0.3 is 15.1 Å². The van der Waals surface area contributed by atoms with Gasteiger partial charge in [0.15, 0.2) is 0 Å². The number of hydrogen-bond acceptors (Lipinski definition) is 5. The average Bonchev–Trinajstić information content (AvgIpc) is 2.68. The molecule has 0 aliphatic carbocycles. The van der Waals surface area contributed by atoms with Crippen LogP contribution in [-0.4, -0.2) is 85.3 Å². The lowest BCUT2D eigenvalue weighted by Gasteiger charge is -2.34. The summed E-state index contributed by atoms with van der Waals surface area (Å²) in [5, 5.41) is 2.60. The van der Waals surface area contributed by atoms with E-state index < -0.39 is 10.0 Å². The van der Waals surface area contributed by atoms with Crippen molar-refractivity contribution in [3.63, 3.8) is 0 Å². The molecule has 10 heteroatoms. The van der Waals surface area contributed by atoms with Gasteiger partial charge >= 0.3 is 6.03 Å². The van der Waals surface area contributed by atoms with Crippen molar-refractivity contribution in [1.82, 2.24) is 24.4 Å². The summed E-state index contributed by atoms with van der Waals surface area (Å²) in [6, 6.07) is 2.72. The molecule has 2 heterocycles. The second-order valence-corrected chi connectivity index (χ2v) is 7.74. The van der Waals surface area contributed by atoms with Crippen LogP contribution in [0.3, 0.4) is 0 Å². The Morgan fingerprint density at radius 2 is 1.85 bits per heavy atom. The zero-order valence-corrected chi connectivity index (χ0v) is 15.9. The molecule has 3 amide bonds. The molecule has 1 aromatic rings. The number of amides is 3. The second kappa shape index (κ2) is 8.95. The van der Waals surface area contributed by atoms with Crippen molar-refractivity contribution in [2.24, 2.45) is 0 Å². The molecule has 9 nitrogen and oxygen atoms in total. The summed E-state index contributed by atoms with van der Waals surface area (Å²) in [6.07, 6.45) is 2.83. The van der Waals surface area contributed by atoms with Crippen molar-refractivity contribution in [1.29, 1.82) is 0 Å². The Hall–Kier alpha value is -2.20. The molecule has 0 bridgehead atoms. The van der Waals surface area contributed by atoms with Gasteiger partial charge in [-0.15, -0.1) is 0 Å². The Morgan fingerprint density at radius 3 is 2.38 bits per heavy atom. The number of likely N-dealkylation sites (N-methyl/N-ethyl adjacent to an activating group) is 1. The van der Waals surface area contributed by atoms with Crippen molar-refractivity contribution in [2.75, 3.05) is 45.8 Å². The Bertz CT molecular complexity index is 713. The molecule has 1 aromatic heterocycles. The Balaban J connectivity index is 1.86. The molecule has 1 N–H and O–H groups in total. The second-order valence-electron chi connectivity index (χ2n) is 5.80. The van der Waals surface area contributed by atoms with E-state index in [0.29, 0.717) is 13.1 Å². The maximum atomic E-state index is 12.5. The predicted molar refractivity (Wildman–Crippen MR) is 95.9 cm³/mol. The molecule has 0 saturated carbocycles. The Kier molecular flexibility index (Phi) is 6.92. The molecule has 0 spiro atoms. The summed E-state index contributed by atoms with van der Waals surface area (Å²) >= 11 is 0. The van der Waals surface area contributed by atoms with Crippen LogP contribution in [0.2, 0.25) is 0 Å². The molecular formula is C16H25N5O4S. The van der Waals surface area contributed by atoms with Crippen molar-refractivity contribution in [2.45, 2.75) is 18.7 Å². The van der Waals surface area contributed by atoms with Crippen molar-refractivity contribution in [3.05, 3.63) is 24.5 Å². The number of aromatic nitrogens is 1. The van der Waals surface area contributed by atoms with Gasteiger partial charge in [0.1, 0.15) is 4.90 Å². The molecular weight excluding hydrogens is 358 g/mol. The minimum Gasteiger partial charge on any atom is -0.342 e. The van der Waals surface area contributed by atoms with E-state index in [2.05, 4.69) is 10.3 Å². The summed E-state index contributed by atoms with van der Waals surface area (Å²) < 4.78 is 26.4. The molecule has 144 valence electrons. The van der Waals surface area contributed by atoms with Crippen LogP contribution in [0, 0.1) is 0 Å². The summed E-state index contributed by atoms with van der Waals surface area (Å²) in [5.41, 5.74) is 0. The van der Waals surface area contributed by atoms with Gasteiger partial charge in [-0.25, -0.2) is 13.2 Å². The van der Waals surface area contributed by atoms with Gasteiger partial charge in [0.2, 0.25) is 15.9 Å². The molecule has 26 heavy (non-hydrogen) atoms. The van der Waals surface area contributed by atoms with Crippen molar-refractivity contribution >= 4 is 22.0 Å². The van der Waals surface area contributed by atoms with Gasteiger partial charge in [-0.1, -0.05) is 0 Å². The SMILES string of the molecule is CCN(CC)C(=O)CNC(=O)N1CCN(S(=O)(=O)c2cccnc2)CC1. The van der Waals surface area contributed by atoms with Crippen LogP contribution in [0.5, 0.6) is 0 Å². The number of carbonyl (C=O) groups excluding carboxylic acids is 2. The monoisotopic (exact) mass is 383 g/mol. The molecule has 0 atom stereocenters. The zero-order valence-electron chi connectivity index (χ0n) is 15.1. The van der Waals surface area contributed by atoms with E-state index in [-0.39, 0.29) is 49.6 Å². The van der Waals surface area contributed by atoms with Crippen LogP contribution < -0.4 is 5.32 Å². The zero-order chi connectivity index (χ0) is 19.2. The third-order valence-corrected chi connectivity index (χ3v) is 6.19. The Labute approximate surface area is 154 Å². The van der Waals surface area contributed by atoms with E-state index >= 15 is 0 Å². The average molecular weight is 383 g/mol. The number of carbonyl (C=O) groups is 2. The quantitative estimate of drug-likeness (QED) is 0.743. The van der Waals surface area contributed by atoms with E-state index in [1.807, 2.05) is 13.8 Å². The van der Waals surface area contributed by atoms with Gasteiger partial charge in [0.25, 0.3) is 0 Å². The lowest BCUT2D eigenvalue weighted by molar-refractivity contribution is -0.129. The van der Waals surface area contributed by atoms with Gasteiger partial charge in [0, 0.05) is 51.7 Å². The first-order valence-electron chi connectivity index (χ1n) is 8.60. The van der Waals surface area contributed by atoms with Gasteiger partial charge in [-0.2, -0.15) is 4.31 Å². The third kappa shape index (κ3) is 4.70. The number of sulfonamides is 1. The minimum absolute atomic E-state index is 0.0608. The molecule has 2 rings (SSSR count). The molecule has 0 radical (unpaired) electrons. The fourth-order valence-corrected chi connectivity index (χ4v) is 4.12. The highest BCUT2D eigenvalue weighted by Gasteiger charge is 2.30. The fraction of sp³-hybridized carbons (Fsp3) is 0.562. The van der Waals surface area contributed by atoms with Crippen LogP contribution in [-0.2, 0) is 14.8 Å². The smallest absolute Gasteiger partial charge is 0.317 e. The maximum absolute atomic E-state index is 12.5. The number of nitrogens with one attached hydrogen (secondary N) is 1. The summed E-state index contributed by atoms with van der Waals surface area (Å²) in [4.78, 5) is 31.3. The summed E-state index contributed by atoms with van der Waals surface area (Å²) in [6.45, 7) is 5.83. The number of rotatable bonds is 6. The topological polar surface area (TPSA) is 103 Å². The van der Waals surface area contributed by atoms with E-state index in [1.165, 1.54) is 27.7 Å². The molecule has 1 aliphatic rings. The van der Waals surface area contributed by atoms with Crippen LogP contribution in [0.25, 0.3) is 0 Å². The van der Waals surface area contributed by atoms with E-state index in [9.17, 15) is 18.0 Å². The normalized spacial score (nSPS) is 15.5. The number of pyridine rings is 1. The summed E-state index contributed by atoms with van der Waals surface area (Å²) in [7, 11) is -3.60. The molecule has 1 saturated heterocycles. The van der Waals surface area contributed by atoms with Crippen LogP contribution in [0.15, 0.2) is 29.4 Å². The molecule has 0 unspecified atom stereocenters. The van der Waals surface area contributed by atoms with Gasteiger partial charge in [0.05, 0.1) is 6.54 Å². The summed E-state index contributed by atoms with van der Waals surface area (Å²) in [5.74, 6) is -0.138. The predicted octanol–water partition coefficient (Wildman–Crippen LogP) is -0.0341. The van der Waals surface area contributed by atoms with E-state index in [0.717, 1.165) is 0 Å². The third-order valence-electron chi connectivity index (χ3n) is 4.31. The van der Waals surface area contributed by atoms with E-state index in [4.69, 9.17) is 0 Å². The first kappa shape index (κ1) is 20.1. The largest absolute Gasteiger partial charge is 0.342 e.